The van der Waals surface area contributed by atoms with Crippen molar-refractivity contribution in [2.45, 2.75) is 6.54 Å². The third kappa shape index (κ3) is 1.22. The first-order valence-electron chi connectivity index (χ1n) is 4.65. The number of pyridine rings is 1. The summed E-state index contributed by atoms with van der Waals surface area (Å²) in [5.74, 6) is 0.633. The van der Waals surface area contributed by atoms with Crippen LogP contribution in [0.1, 0.15) is 5.56 Å². The summed E-state index contributed by atoms with van der Waals surface area (Å²) in [5, 5.41) is 8.42. The second kappa shape index (κ2) is 2.95. The standard InChI is InChI=1S/C11H7N3O/c15-10-4-2-1-3-9-8(10)5-7-6-12-14-11(7)13-9/h1-5H,6H2. The SMILES string of the molecule is O=c1ccccc2nc3c(cc12)CN=N3. The molecule has 3 rings (SSSR count). The second-order valence-electron chi connectivity index (χ2n) is 3.39. The van der Waals surface area contributed by atoms with E-state index < -0.39 is 0 Å². The lowest BCUT2D eigenvalue weighted by molar-refractivity contribution is 1.04. The van der Waals surface area contributed by atoms with Crippen LogP contribution in [0.2, 0.25) is 0 Å². The van der Waals surface area contributed by atoms with Gasteiger partial charge >= 0.3 is 0 Å². The first-order valence-corrected chi connectivity index (χ1v) is 4.65. The van der Waals surface area contributed by atoms with Gasteiger partial charge in [-0.1, -0.05) is 12.1 Å². The smallest absolute Gasteiger partial charge is 0.188 e. The molecule has 72 valence electrons. The van der Waals surface area contributed by atoms with Gasteiger partial charge in [-0.25, -0.2) is 4.98 Å². The van der Waals surface area contributed by atoms with Crippen LogP contribution in [0.25, 0.3) is 10.9 Å². The van der Waals surface area contributed by atoms with Crippen molar-refractivity contribution < 1.29 is 0 Å². The fourth-order valence-corrected chi connectivity index (χ4v) is 1.64. The molecule has 0 spiro atoms. The predicted octanol–water partition coefficient (Wildman–Crippen LogP) is 2.19. The molecule has 1 aliphatic rings. The number of hydrogen-bond acceptors (Lipinski definition) is 4. The maximum absolute atomic E-state index is 11.7. The summed E-state index contributed by atoms with van der Waals surface area (Å²) < 4.78 is 0. The molecule has 0 saturated carbocycles. The van der Waals surface area contributed by atoms with E-state index in [0.29, 0.717) is 23.3 Å². The van der Waals surface area contributed by atoms with Crippen LogP contribution >= 0.6 is 0 Å². The molecule has 15 heavy (non-hydrogen) atoms. The number of nitrogens with zero attached hydrogens (tertiary/aromatic N) is 3. The van der Waals surface area contributed by atoms with E-state index >= 15 is 0 Å². The highest BCUT2D eigenvalue weighted by atomic mass is 16.1. The van der Waals surface area contributed by atoms with E-state index in [1.54, 1.807) is 18.2 Å². The third-order valence-electron chi connectivity index (χ3n) is 2.39. The van der Waals surface area contributed by atoms with Crippen LogP contribution in [-0.2, 0) is 6.54 Å². The van der Waals surface area contributed by atoms with Gasteiger partial charge in [0, 0.05) is 10.9 Å². The van der Waals surface area contributed by atoms with Gasteiger partial charge in [0.05, 0.1) is 12.1 Å². The van der Waals surface area contributed by atoms with Crippen molar-refractivity contribution >= 4 is 16.7 Å². The van der Waals surface area contributed by atoms with Crippen molar-refractivity contribution in [3.63, 3.8) is 0 Å². The Hall–Kier alpha value is -2.10. The van der Waals surface area contributed by atoms with E-state index in [9.17, 15) is 4.79 Å². The summed E-state index contributed by atoms with van der Waals surface area (Å²) in [7, 11) is 0. The molecule has 0 N–H and O–H groups in total. The quantitative estimate of drug-likeness (QED) is 0.650. The summed E-state index contributed by atoms with van der Waals surface area (Å²) in [6, 6.07) is 8.70. The van der Waals surface area contributed by atoms with Crippen LogP contribution < -0.4 is 5.43 Å². The van der Waals surface area contributed by atoms with E-state index in [1.807, 2.05) is 12.1 Å². The molecule has 1 aromatic carbocycles. The van der Waals surface area contributed by atoms with Gasteiger partial charge in [-0.2, -0.15) is 5.11 Å². The molecular weight excluding hydrogens is 190 g/mol. The first kappa shape index (κ1) is 8.23. The number of aromatic nitrogens is 1. The average molecular weight is 197 g/mol. The molecule has 0 atom stereocenters. The number of hydrogen-bond donors (Lipinski definition) is 0. The summed E-state index contributed by atoms with van der Waals surface area (Å²) in [6.45, 7) is 0.524. The largest absolute Gasteiger partial charge is 0.289 e. The Balaban J connectivity index is 2.50. The summed E-state index contributed by atoms with van der Waals surface area (Å²) in [6.07, 6.45) is 0. The first-order chi connectivity index (χ1) is 7.34. The highest BCUT2D eigenvalue weighted by Crippen LogP contribution is 2.26. The van der Waals surface area contributed by atoms with Crippen molar-refractivity contribution in [3.8, 4) is 0 Å². The molecular formula is C11H7N3O. The van der Waals surface area contributed by atoms with Crippen molar-refractivity contribution in [1.29, 1.82) is 0 Å². The van der Waals surface area contributed by atoms with Crippen LogP contribution in [0.4, 0.5) is 5.82 Å². The van der Waals surface area contributed by atoms with Crippen LogP contribution in [0.5, 0.6) is 0 Å². The van der Waals surface area contributed by atoms with Crippen molar-refractivity contribution in [2.75, 3.05) is 0 Å². The zero-order valence-electron chi connectivity index (χ0n) is 7.84. The highest BCUT2D eigenvalue weighted by molar-refractivity contribution is 5.80. The van der Waals surface area contributed by atoms with E-state index in [1.165, 1.54) is 0 Å². The minimum Gasteiger partial charge on any atom is -0.289 e. The Morgan fingerprint density at radius 1 is 1.20 bits per heavy atom. The van der Waals surface area contributed by atoms with E-state index in [-0.39, 0.29) is 5.43 Å². The molecule has 2 heterocycles. The Morgan fingerprint density at radius 2 is 2.07 bits per heavy atom. The maximum atomic E-state index is 11.7. The fraction of sp³-hybridized carbons (Fsp3) is 0.0909. The predicted molar refractivity (Wildman–Crippen MR) is 56.2 cm³/mol. The Labute approximate surface area is 85.3 Å². The summed E-state index contributed by atoms with van der Waals surface area (Å²) >= 11 is 0. The van der Waals surface area contributed by atoms with Gasteiger partial charge in [0.25, 0.3) is 0 Å². The molecule has 4 nitrogen and oxygen atoms in total. The van der Waals surface area contributed by atoms with Gasteiger partial charge in [-0.15, -0.1) is 5.11 Å². The second-order valence-corrected chi connectivity index (χ2v) is 3.39. The minimum absolute atomic E-state index is 0.0165. The third-order valence-corrected chi connectivity index (χ3v) is 2.39. The molecule has 2 aromatic rings. The molecule has 1 aromatic heterocycles. The number of fused-ring (bicyclic) bond motifs is 2. The van der Waals surface area contributed by atoms with E-state index in [0.717, 1.165) is 5.56 Å². The molecule has 0 aliphatic carbocycles. The lowest BCUT2D eigenvalue weighted by Crippen LogP contribution is -1.96. The van der Waals surface area contributed by atoms with Crippen molar-refractivity contribution in [3.05, 3.63) is 46.1 Å². The Kier molecular flexibility index (Phi) is 1.62. The number of rotatable bonds is 0. The topological polar surface area (TPSA) is 54.7 Å². The molecule has 0 amide bonds. The molecule has 0 radical (unpaired) electrons. The molecule has 0 unspecified atom stereocenters. The molecule has 1 aliphatic heterocycles. The Bertz CT molecular complexity index is 634. The fourth-order valence-electron chi connectivity index (χ4n) is 1.64. The van der Waals surface area contributed by atoms with E-state index in [2.05, 4.69) is 15.2 Å². The van der Waals surface area contributed by atoms with Crippen LogP contribution in [-0.4, -0.2) is 4.98 Å². The van der Waals surface area contributed by atoms with Gasteiger partial charge in [0.1, 0.15) is 0 Å². The zero-order valence-corrected chi connectivity index (χ0v) is 7.84. The van der Waals surface area contributed by atoms with E-state index in [4.69, 9.17) is 0 Å². The minimum atomic E-state index is -0.0165. The average Bonchev–Trinajstić information content (AvgIpc) is 2.62. The van der Waals surface area contributed by atoms with Crippen LogP contribution in [0.15, 0.2) is 45.4 Å². The molecule has 0 saturated heterocycles. The highest BCUT2D eigenvalue weighted by Gasteiger charge is 2.11. The molecule has 0 fully saturated rings. The zero-order chi connectivity index (χ0) is 10.3. The van der Waals surface area contributed by atoms with Gasteiger partial charge in [0.15, 0.2) is 11.2 Å². The van der Waals surface area contributed by atoms with Gasteiger partial charge in [-0.3, -0.25) is 4.79 Å². The maximum Gasteiger partial charge on any atom is 0.188 e. The Morgan fingerprint density at radius 3 is 3.00 bits per heavy atom. The van der Waals surface area contributed by atoms with Gasteiger partial charge in [-0.05, 0) is 18.2 Å². The van der Waals surface area contributed by atoms with Crippen molar-refractivity contribution in [2.24, 2.45) is 10.2 Å². The monoisotopic (exact) mass is 197 g/mol. The molecule has 0 bridgehead atoms. The van der Waals surface area contributed by atoms with Crippen LogP contribution in [0, 0.1) is 0 Å². The number of azo groups is 1. The lowest BCUT2D eigenvalue weighted by Gasteiger charge is -1.95. The normalized spacial score (nSPS) is 13.1. The lowest BCUT2D eigenvalue weighted by atomic mass is 10.2. The summed E-state index contributed by atoms with van der Waals surface area (Å²) in [4.78, 5) is 16.0. The summed E-state index contributed by atoms with van der Waals surface area (Å²) in [5.41, 5.74) is 1.58. The molecule has 4 heteroatoms. The van der Waals surface area contributed by atoms with Crippen molar-refractivity contribution in [1.82, 2.24) is 4.98 Å². The van der Waals surface area contributed by atoms with Gasteiger partial charge in [0.2, 0.25) is 0 Å². The van der Waals surface area contributed by atoms with Gasteiger partial charge < -0.3 is 0 Å². The van der Waals surface area contributed by atoms with Crippen LogP contribution in [0.3, 0.4) is 0 Å².